The summed E-state index contributed by atoms with van der Waals surface area (Å²) in [5, 5.41) is 0. The minimum atomic E-state index is -2.16. The highest BCUT2D eigenvalue weighted by molar-refractivity contribution is 6.05. The predicted octanol–water partition coefficient (Wildman–Crippen LogP) is 18.1. The van der Waals surface area contributed by atoms with E-state index in [4.69, 9.17) is 85.3 Å². The summed E-state index contributed by atoms with van der Waals surface area (Å²) in [7, 11) is 3.03. The van der Waals surface area contributed by atoms with Crippen LogP contribution in [0.3, 0.4) is 0 Å². The van der Waals surface area contributed by atoms with Gasteiger partial charge in [-0.3, -0.25) is 19.2 Å². The maximum Gasteiger partial charge on any atom is 0.333 e. The van der Waals surface area contributed by atoms with Crippen molar-refractivity contribution in [3.63, 3.8) is 0 Å². The highest BCUT2D eigenvalue weighted by Crippen LogP contribution is 2.39. The van der Waals surface area contributed by atoms with Gasteiger partial charge in [0.25, 0.3) is 23.1 Å². The largest absolute Gasteiger partial charge is 0.497 e. The molecule has 0 radical (unpaired) electrons. The standard InChI is InChI=1S/C30H36O7.C28H32O9.C28H32O7.C26H26F2O7/c1-19(2)28(32)34-9-11-36-30(26-17-23(7)14-24(8)18-26,37-12-10-35-29(33)20(3)4)27(31)25-15-21(5)13-22(6)16-25;1-19(2)26(30)34-15-17-36-28(22-9-13-24(33-6)14-10-22,37-18-16-35-27(31)20(3)4)25(29)21-7-11-23(32-5)12-8-21;1-19(2)26(30)32-15-17-34-28(24-13-9-22(6)10-14-24,35-18-16-33-27(31)20(3)4)25(29)23-11-7-21(5)8-12-23;1-17(2)24(30)32-13-15-34-26(20-7-11-22(28)12-8-20,35-16-14-33-25(31)18(3)4)23(29)19-5-9-21(27)10-6-19/h13-18H,1,3,9-12H2,2,4-8H3;7-14H,1,3,15-18H2,2,4-6H3;7-14H,1,3,15-18H2,2,4-6H3;5-12H,1,3,13-16H2,2,4H3. The maximum atomic E-state index is 14.2. The summed E-state index contributed by atoms with van der Waals surface area (Å²) in [6, 6.07) is 47.7. The zero-order valence-corrected chi connectivity index (χ0v) is 84.3. The van der Waals surface area contributed by atoms with Crippen molar-refractivity contribution in [2.24, 2.45) is 0 Å². The number of ether oxygens (including phenoxy) is 18. The molecule has 8 rings (SSSR count). The number of rotatable bonds is 54. The molecule has 0 aliphatic heterocycles. The first kappa shape index (κ1) is 120. The third-order valence-corrected chi connectivity index (χ3v) is 19.9. The van der Waals surface area contributed by atoms with E-state index in [-0.39, 0.29) is 167 Å². The van der Waals surface area contributed by atoms with Crippen LogP contribution < -0.4 is 9.47 Å². The lowest BCUT2D eigenvalue weighted by molar-refractivity contribution is -0.219. The lowest BCUT2D eigenvalue weighted by atomic mass is 9.91. The van der Waals surface area contributed by atoms with Gasteiger partial charge in [-0.15, -0.1) is 0 Å². The summed E-state index contributed by atoms with van der Waals surface area (Å²) < 4.78 is 127. The molecule has 144 heavy (non-hydrogen) atoms. The van der Waals surface area contributed by atoms with Gasteiger partial charge in [-0.1, -0.05) is 171 Å². The predicted molar refractivity (Wildman–Crippen MR) is 531 cm³/mol. The number of aryl methyl sites for hydroxylation is 6. The van der Waals surface area contributed by atoms with Crippen LogP contribution in [0, 0.1) is 53.2 Å². The molecule has 0 atom stereocenters. The second kappa shape index (κ2) is 59.2. The summed E-state index contributed by atoms with van der Waals surface area (Å²) in [6.07, 6.45) is 0. The minimum absolute atomic E-state index is 0.0357. The summed E-state index contributed by atoms with van der Waals surface area (Å²) in [5.74, 6) is -14.8. The van der Waals surface area contributed by atoms with Crippen LogP contribution >= 0.6 is 0 Å². The van der Waals surface area contributed by atoms with Crippen LogP contribution in [-0.2, 0) is 137 Å². The number of ketones is 4. The summed E-state index contributed by atoms with van der Waals surface area (Å²) in [5.41, 5.74) is 9.88. The number of benzene rings is 8. The van der Waals surface area contributed by atoms with Crippen molar-refractivity contribution < 1.29 is 152 Å². The Morgan fingerprint density at radius 3 is 0.618 bits per heavy atom. The zero-order chi connectivity index (χ0) is 107. The molecule has 8 aromatic carbocycles. The molecule has 0 spiro atoms. The van der Waals surface area contributed by atoms with Gasteiger partial charge in [-0.2, -0.15) is 0 Å². The highest BCUT2D eigenvalue weighted by atomic mass is 19.1. The van der Waals surface area contributed by atoms with Crippen molar-refractivity contribution in [1.29, 1.82) is 0 Å². The van der Waals surface area contributed by atoms with E-state index in [1.165, 1.54) is 80.0 Å². The van der Waals surface area contributed by atoms with Crippen LogP contribution in [0.5, 0.6) is 11.5 Å². The van der Waals surface area contributed by atoms with Crippen molar-refractivity contribution in [2.45, 2.75) is 120 Å². The second-order valence-corrected chi connectivity index (χ2v) is 32.9. The van der Waals surface area contributed by atoms with E-state index in [0.717, 1.165) is 57.6 Å². The SMILES string of the molecule is C=C(C)C(=O)OCCOC(OCCOC(=O)C(=C)C)(C(=O)c1cc(C)cc(C)c1)c1cc(C)cc(C)c1.C=C(C)C(=O)OCCOC(OCCOC(=O)C(=C)C)(C(=O)c1ccc(C)cc1)c1ccc(C)cc1.C=C(C)C(=O)OCCOC(OCCOC(=O)C(=C)C)(C(=O)c1ccc(F)cc1)c1ccc(F)cc1.C=C(C)C(=O)OCCOC(OCCOC(=O)C(=C)C)(C(=O)c1ccc(OC)cc1)c1ccc(OC)cc1. The van der Waals surface area contributed by atoms with Crippen molar-refractivity contribution in [3.05, 3.63) is 369 Å². The summed E-state index contributed by atoms with van der Waals surface area (Å²) in [4.78, 5) is 150. The Bertz CT molecular complexity index is 5520. The molecule has 0 bridgehead atoms. The highest BCUT2D eigenvalue weighted by Gasteiger charge is 2.49. The van der Waals surface area contributed by atoms with Crippen LogP contribution in [0.2, 0.25) is 0 Å². The Kier molecular flexibility index (Phi) is 49.3. The van der Waals surface area contributed by atoms with Crippen LogP contribution in [0.1, 0.15) is 152 Å². The number of hydrogen-bond acceptors (Lipinski definition) is 30. The third kappa shape index (κ3) is 37.3. The lowest BCUT2D eigenvalue weighted by Crippen LogP contribution is -2.43. The fraction of sp³-hybridized carbons (Fsp3) is 0.321. The first-order valence-corrected chi connectivity index (χ1v) is 45.2. The van der Waals surface area contributed by atoms with Gasteiger partial charge in [0, 0.05) is 89.1 Å². The average Bonchev–Trinajstić information content (AvgIpc) is 0.812. The number of hydrogen-bond donors (Lipinski definition) is 0. The molecule has 0 fully saturated rings. The topological polar surface area (TPSA) is 371 Å². The molecule has 8 aromatic rings. The van der Waals surface area contributed by atoms with E-state index in [1.807, 2.05) is 90.1 Å². The average molecular weight is 1990 g/mol. The Morgan fingerprint density at radius 1 is 0.215 bits per heavy atom. The lowest BCUT2D eigenvalue weighted by Gasteiger charge is -2.33. The van der Waals surface area contributed by atoms with Crippen molar-refractivity contribution in [1.82, 2.24) is 0 Å². The first-order valence-electron chi connectivity index (χ1n) is 45.2. The molecule has 30 nitrogen and oxygen atoms in total. The second-order valence-electron chi connectivity index (χ2n) is 32.9. The fourth-order valence-corrected chi connectivity index (χ4v) is 12.8. The Labute approximate surface area is 838 Å². The third-order valence-electron chi connectivity index (χ3n) is 19.9. The fourth-order valence-electron chi connectivity index (χ4n) is 12.8. The number of halogens is 2. The molecule has 0 amide bonds. The van der Waals surface area contributed by atoms with Crippen molar-refractivity contribution >= 4 is 70.9 Å². The van der Waals surface area contributed by atoms with E-state index in [0.29, 0.717) is 39.3 Å². The van der Waals surface area contributed by atoms with Crippen molar-refractivity contribution in [3.8, 4) is 11.5 Å². The Morgan fingerprint density at radius 2 is 0.389 bits per heavy atom. The molecule has 0 aromatic heterocycles. The molecule has 0 N–H and O–H groups in total. The van der Waals surface area contributed by atoms with Gasteiger partial charge in [0.05, 0.1) is 67.1 Å². The number of carbonyl (C=O) groups is 12. The molecule has 0 aliphatic rings. The number of carbonyl (C=O) groups excluding carboxylic acids is 12. The van der Waals surface area contributed by atoms with Crippen molar-refractivity contribution in [2.75, 3.05) is 120 Å². The van der Waals surface area contributed by atoms with Gasteiger partial charge in [0.15, 0.2) is 0 Å². The molecule has 0 aliphatic carbocycles. The van der Waals surface area contributed by atoms with Gasteiger partial charge < -0.3 is 85.3 Å². The van der Waals surface area contributed by atoms with Gasteiger partial charge in [-0.05, 0) is 194 Å². The number of esters is 8. The molecule has 0 unspecified atom stereocenters. The van der Waals surface area contributed by atoms with Gasteiger partial charge in [0.1, 0.15) is 76.0 Å². The Balaban J connectivity index is 0.000000338. The van der Waals surface area contributed by atoms with E-state index >= 15 is 0 Å². The van der Waals surface area contributed by atoms with E-state index in [9.17, 15) is 66.3 Å². The van der Waals surface area contributed by atoms with E-state index in [1.54, 1.807) is 98.8 Å². The number of methoxy groups -OCH3 is 2. The minimum Gasteiger partial charge on any atom is -0.497 e. The molecule has 0 saturated carbocycles. The van der Waals surface area contributed by atoms with Crippen LogP contribution in [0.25, 0.3) is 0 Å². The molecule has 0 heterocycles. The van der Waals surface area contributed by atoms with E-state index in [2.05, 4.69) is 52.6 Å². The summed E-state index contributed by atoms with van der Waals surface area (Å²) >= 11 is 0. The smallest absolute Gasteiger partial charge is 0.333 e. The van der Waals surface area contributed by atoms with Gasteiger partial charge >= 0.3 is 47.8 Å². The first-order chi connectivity index (χ1) is 68.1. The molecule has 768 valence electrons. The quantitative estimate of drug-likeness (QED) is 0.00853. The van der Waals surface area contributed by atoms with Crippen LogP contribution in [0.15, 0.2) is 279 Å². The van der Waals surface area contributed by atoms with Gasteiger partial charge in [-0.25, -0.2) is 47.1 Å². The van der Waals surface area contributed by atoms with E-state index < -0.39 is 106 Å². The molecule has 0 saturated heterocycles. The normalized spacial score (nSPS) is 11.0. The molecular weight excluding hydrogens is 1860 g/mol. The maximum absolute atomic E-state index is 14.2. The molecule has 32 heteroatoms. The summed E-state index contributed by atoms with van der Waals surface area (Å²) in [6.45, 7) is 49.1. The van der Waals surface area contributed by atoms with Crippen LogP contribution in [0.4, 0.5) is 8.78 Å². The van der Waals surface area contributed by atoms with Gasteiger partial charge in [0.2, 0.25) is 23.1 Å². The Hall–Kier alpha value is -14.7. The molecular formula is C112H126F2O30. The number of Topliss-reactive ketones (excluding diaryl/α,β-unsaturated/α-hetero) is 4. The van der Waals surface area contributed by atoms with Crippen LogP contribution in [-0.4, -0.2) is 191 Å². The monoisotopic (exact) mass is 1990 g/mol. The zero-order valence-electron chi connectivity index (χ0n) is 84.3.